The quantitative estimate of drug-likeness (QED) is 0.903. The molecule has 100 valence electrons. The van der Waals surface area contributed by atoms with E-state index in [-0.39, 0.29) is 11.1 Å². The van der Waals surface area contributed by atoms with E-state index in [0.29, 0.717) is 29.1 Å². The first kappa shape index (κ1) is 13.5. The molecule has 2 aromatic heterocycles. The van der Waals surface area contributed by atoms with Gasteiger partial charge in [-0.1, -0.05) is 0 Å². The van der Waals surface area contributed by atoms with Crippen LogP contribution in [0, 0.1) is 6.92 Å². The Labute approximate surface area is 117 Å². The summed E-state index contributed by atoms with van der Waals surface area (Å²) in [5.41, 5.74) is 5.83. The summed E-state index contributed by atoms with van der Waals surface area (Å²) in [4.78, 5) is 27.6. The third kappa shape index (κ3) is 2.93. The molecule has 0 aliphatic rings. The van der Waals surface area contributed by atoms with Crippen molar-refractivity contribution in [1.82, 2.24) is 14.1 Å². The SMILES string of the molecule is Cc1ncc(Br)c(=O)n1CCn1cc(N)ccc1=O. The molecule has 6 nitrogen and oxygen atoms in total. The van der Waals surface area contributed by atoms with Crippen LogP contribution in [0.3, 0.4) is 0 Å². The summed E-state index contributed by atoms with van der Waals surface area (Å²) in [6.45, 7) is 2.47. The third-order valence-corrected chi connectivity index (χ3v) is 3.32. The minimum Gasteiger partial charge on any atom is -0.398 e. The first-order valence-corrected chi connectivity index (χ1v) is 6.46. The zero-order valence-electron chi connectivity index (χ0n) is 10.3. The molecule has 2 aromatic rings. The molecule has 7 heteroatoms. The summed E-state index contributed by atoms with van der Waals surface area (Å²) >= 11 is 3.15. The molecule has 2 N–H and O–H groups in total. The van der Waals surface area contributed by atoms with E-state index in [4.69, 9.17) is 5.73 Å². The van der Waals surface area contributed by atoms with E-state index in [1.165, 1.54) is 21.4 Å². The van der Waals surface area contributed by atoms with Gasteiger partial charge in [-0.25, -0.2) is 4.98 Å². The second kappa shape index (κ2) is 5.40. The Morgan fingerprint density at radius 1 is 1.32 bits per heavy atom. The Morgan fingerprint density at radius 2 is 2.05 bits per heavy atom. The minimum atomic E-state index is -0.163. The van der Waals surface area contributed by atoms with Crippen molar-refractivity contribution in [2.75, 3.05) is 5.73 Å². The van der Waals surface area contributed by atoms with Gasteiger partial charge in [-0.15, -0.1) is 0 Å². The van der Waals surface area contributed by atoms with Crippen LogP contribution < -0.4 is 16.9 Å². The number of aryl methyl sites for hydroxylation is 2. The van der Waals surface area contributed by atoms with Gasteiger partial charge in [-0.2, -0.15) is 0 Å². The van der Waals surface area contributed by atoms with Crippen LogP contribution in [-0.4, -0.2) is 14.1 Å². The molecule has 0 amide bonds. The summed E-state index contributed by atoms with van der Waals surface area (Å²) in [6, 6.07) is 2.96. The number of hydrogen-bond acceptors (Lipinski definition) is 4. The Bertz CT molecular complexity index is 720. The first-order valence-electron chi connectivity index (χ1n) is 5.67. The Hall–Kier alpha value is -1.89. The molecule has 0 radical (unpaired) electrons. The van der Waals surface area contributed by atoms with Crippen molar-refractivity contribution in [1.29, 1.82) is 0 Å². The summed E-state index contributed by atoms with van der Waals surface area (Å²) in [5.74, 6) is 0.602. The number of nitrogens with zero attached hydrogens (tertiary/aromatic N) is 3. The molecule has 0 aliphatic carbocycles. The number of nitrogen functional groups attached to an aromatic ring is 1. The number of halogens is 1. The van der Waals surface area contributed by atoms with E-state index < -0.39 is 0 Å². The predicted octanol–water partition coefficient (Wildman–Crippen LogP) is 0.758. The van der Waals surface area contributed by atoms with Gasteiger partial charge in [-0.05, 0) is 28.9 Å². The molecule has 0 spiro atoms. The van der Waals surface area contributed by atoms with Gasteiger partial charge in [0.1, 0.15) is 10.3 Å². The lowest BCUT2D eigenvalue weighted by molar-refractivity contribution is 0.533. The highest BCUT2D eigenvalue weighted by molar-refractivity contribution is 9.10. The fraction of sp³-hybridized carbons (Fsp3) is 0.250. The smallest absolute Gasteiger partial charge is 0.267 e. The normalized spacial score (nSPS) is 10.6. The summed E-state index contributed by atoms with van der Waals surface area (Å²) in [7, 11) is 0. The van der Waals surface area contributed by atoms with E-state index in [1.54, 1.807) is 19.2 Å². The zero-order valence-corrected chi connectivity index (χ0v) is 11.9. The molecule has 2 heterocycles. The molecule has 2 rings (SSSR count). The van der Waals surface area contributed by atoms with Crippen molar-refractivity contribution in [3.05, 3.63) is 55.5 Å². The highest BCUT2D eigenvalue weighted by Gasteiger charge is 2.06. The Balaban J connectivity index is 2.29. The lowest BCUT2D eigenvalue weighted by atomic mass is 10.4. The number of hydrogen-bond donors (Lipinski definition) is 1. The molecular formula is C12H13BrN4O2. The monoisotopic (exact) mass is 324 g/mol. The van der Waals surface area contributed by atoms with Gasteiger partial charge in [0, 0.05) is 37.2 Å². The highest BCUT2D eigenvalue weighted by Crippen LogP contribution is 2.02. The summed E-state index contributed by atoms with van der Waals surface area (Å²) in [5, 5.41) is 0. The van der Waals surface area contributed by atoms with Gasteiger partial charge in [-0.3, -0.25) is 14.2 Å². The van der Waals surface area contributed by atoms with Gasteiger partial charge >= 0.3 is 0 Å². The van der Waals surface area contributed by atoms with Crippen LogP contribution in [0.5, 0.6) is 0 Å². The van der Waals surface area contributed by atoms with Gasteiger partial charge in [0.25, 0.3) is 11.1 Å². The summed E-state index contributed by atoms with van der Waals surface area (Å²) < 4.78 is 3.39. The first-order chi connectivity index (χ1) is 8.99. The molecule has 0 saturated heterocycles. The van der Waals surface area contributed by atoms with E-state index in [0.717, 1.165) is 0 Å². The van der Waals surface area contributed by atoms with E-state index in [9.17, 15) is 9.59 Å². The van der Waals surface area contributed by atoms with Gasteiger partial charge in [0.2, 0.25) is 0 Å². The third-order valence-electron chi connectivity index (χ3n) is 2.78. The second-order valence-corrected chi connectivity index (χ2v) is 4.96. The Kier molecular flexibility index (Phi) is 3.84. The second-order valence-electron chi connectivity index (χ2n) is 4.10. The zero-order chi connectivity index (χ0) is 14.0. The average molecular weight is 325 g/mol. The lowest BCUT2D eigenvalue weighted by Crippen LogP contribution is -2.28. The van der Waals surface area contributed by atoms with Crippen LogP contribution in [0.15, 0.2) is 38.6 Å². The van der Waals surface area contributed by atoms with Crippen molar-refractivity contribution < 1.29 is 0 Å². The molecule has 0 bridgehead atoms. The van der Waals surface area contributed by atoms with Gasteiger partial charge in [0.15, 0.2) is 0 Å². The van der Waals surface area contributed by atoms with Crippen molar-refractivity contribution in [2.45, 2.75) is 20.0 Å². The van der Waals surface area contributed by atoms with Crippen LogP contribution in [0.1, 0.15) is 5.82 Å². The molecule has 0 saturated carbocycles. The van der Waals surface area contributed by atoms with Crippen LogP contribution in [0.2, 0.25) is 0 Å². The average Bonchev–Trinajstić information content (AvgIpc) is 2.38. The maximum absolute atomic E-state index is 11.9. The molecule has 0 unspecified atom stereocenters. The van der Waals surface area contributed by atoms with E-state index in [2.05, 4.69) is 20.9 Å². The largest absolute Gasteiger partial charge is 0.398 e. The fourth-order valence-corrected chi connectivity index (χ4v) is 2.06. The van der Waals surface area contributed by atoms with Crippen molar-refractivity contribution >= 4 is 21.6 Å². The highest BCUT2D eigenvalue weighted by atomic mass is 79.9. The maximum atomic E-state index is 11.9. The lowest BCUT2D eigenvalue weighted by Gasteiger charge is -2.11. The predicted molar refractivity (Wildman–Crippen MR) is 76.0 cm³/mol. The van der Waals surface area contributed by atoms with E-state index >= 15 is 0 Å². The van der Waals surface area contributed by atoms with Crippen LogP contribution in [-0.2, 0) is 13.1 Å². The van der Waals surface area contributed by atoms with Crippen LogP contribution in [0.25, 0.3) is 0 Å². The number of rotatable bonds is 3. The topological polar surface area (TPSA) is 82.9 Å². The van der Waals surface area contributed by atoms with Gasteiger partial charge < -0.3 is 10.3 Å². The van der Waals surface area contributed by atoms with Crippen LogP contribution >= 0.6 is 15.9 Å². The number of aromatic nitrogens is 3. The number of pyridine rings is 1. The molecular weight excluding hydrogens is 312 g/mol. The molecule has 0 fully saturated rings. The molecule has 0 atom stereocenters. The Morgan fingerprint density at radius 3 is 2.79 bits per heavy atom. The fourth-order valence-electron chi connectivity index (χ4n) is 1.75. The van der Waals surface area contributed by atoms with Crippen molar-refractivity contribution in [3.8, 4) is 0 Å². The van der Waals surface area contributed by atoms with Gasteiger partial charge in [0.05, 0.1) is 0 Å². The van der Waals surface area contributed by atoms with Crippen molar-refractivity contribution in [2.24, 2.45) is 0 Å². The van der Waals surface area contributed by atoms with Crippen LogP contribution in [0.4, 0.5) is 5.69 Å². The molecule has 0 aliphatic heterocycles. The summed E-state index contributed by atoms with van der Waals surface area (Å²) in [6.07, 6.45) is 3.04. The maximum Gasteiger partial charge on any atom is 0.267 e. The molecule has 0 aromatic carbocycles. The molecule has 19 heavy (non-hydrogen) atoms. The van der Waals surface area contributed by atoms with Crippen molar-refractivity contribution in [3.63, 3.8) is 0 Å². The number of anilines is 1. The minimum absolute atomic E-state index is 0.150. The number of nitrogens with two attached hydrogens (primary N) is 1. The standard InChI is InChI=1S/C12H13BrN4O2/c1-8-15-6-10(13)12(19)17(8)5-4-16-7-9(14)2-3-11(16)18/h2-3,6-7H,4-5,14H2,1H3. The van der Waals surface area contributed by atoms with E-state index in [1.807, 2.05) is 0 Å².